The van der Waals surface area contributed by atoms with Crippen molar-refractivity contribution in [3.8, 4) is 0 Å². The van der Waals surface area contributed by atoms with Crippen molar-refractivity contribution >= 4 is 20.3 Å². The molecule has 0 spiro atoms. The molecule has 0 saturated heterocycles. The van der Waals surface area contributed by atoms with E-state index in [0.29, 0.717) is 0 Å². The first-order valence-corrected chi connectivity index (χ1v) is 7.58. The van der Waals surface area contributed by atoms with Crippen LogP contribution in [0.5, 0.6) is 0 Å². The molecular weight excluding hydrogens is 337 g/mol. The molecule has 103 valence electrons. The Morgan fingerprint density at radius 1 is 1.00 bits per heavy atom. The molecule has 0 nitrogen and oxygen atoms in total. The van der Waals surface area contributed by atoms with Crippen molar-refractivity contribution in [1.29, 1.82) is 0 Å². The van der Waals surface area contributed by atoms with E-state index in [4.69, 9.17) is 0 Å². The summed E-state index contributed by atoms with van der Waals surface area (Å²) < 4.78 is 0. The first-order valence-electron chi connectivity index (χ1n) is 6.16. The van der Waals surface area contributed by atoms with E-state index in [9.17, 15) is 0 Å². The van der Waals surface area contributed by atoms with Crippen molar-refractivity contribution in [2.75, 3.05) is 0 Å². The van der Waals surface area contributed by atoms with E-state index < -0.39 is 0 Å². The zero-order chi connectivity index (χ0) is 11.8. The van der Waals surface area contributed by atoms with Gasteiger partial charge in [0.15, 0.2) is 0 Å². The van der Waals surface area contributed by atoms with Crippen molar-refractivity contribution in [1.82, 2.24) is 0 Å². The molecule has 2 aromatic carbocycles. The van der Waals surface area contributed by atoms with Crippen LogP contribution < -0.4 is 9.41 Å². The van der Waals surface area contributed by atoms with E-state index in [0.717, 1.165) is 6.42 Å². The van der Waals surface area contributed by atoms with Gasteiger partial charge in [-0.1, -0.05) is 38.9 Å². The maximum atomic E-state index is 2.26. The van der Waals surface area contributed by atoms with Crippen LogP contribution in [-0.2, 0) is 32.6 Å². The van der Waals surface area contributed by atoms with Gasteiger partial charge in [-0.05, 0) is 6.42 Å². The average Bonchev–Trinajstić information content (AvgIpc) is 2.73. The minimum Gasteiger partial charge on any atom is -1.00 e. The molecule has 0 fully saturated rings. The van der Waals surface area contributed by atoms with Crippen molar-refractivity contribution in [2.24, 2.45) is 0 Å². The average molecular weight is 359 g/mol. The number of hydrogen-bond acceptors (Lipinski definition) is 0. The van der Waals surface area contributed by atoms with Crippen molar-refractivity contribution in [2.45, 2.75) is 39.3 Å². The molecule has 0 saturated carbocycles. The molecule has 0 heterocycles. The second-order valence-corrected chi connectivity index (χ2v) is 5.72. The van der Waals surface area contributed by atoms with Gasteiger partial charge in [0.25, 0.3) is 0 Å². The third-order valence-corrected chi connectivity index (χ3v) is 3.59. The van der Waals surface area contributed by atoms with Gasteiger partial charge in [0.1, 0.15) is 0 Å². The minimum atomic E-state index is 0. The SMILES string of the molecule is CC[Si]CC.CCc1cc2ccccc2[cH-]1.[F-].[F-].[Zr+3]. The fraction of sp³-hybridized carbons (Fsp3) is 0.400. The van der Waals surface area contributed by atoms with Gasteiger partial charge in [0.05, 0.1) is 0 Å². The summed E-state index contributed by atoms with van der Waals surface area (Å²) in [7, 11) is 1.20. The van der Waals surface area contributed by atoms with E-state index in [-0.39, 0.29) is 35.6 Å². The summed E-state index contributed by atoms with van der Waals surface area (Å²) in [6.45, 7) is 6.64. The second kappa shape index (κ2) is 14.2. The summed E-state index contributed by atoms with van der Waals surface area (Å²) in [6.07, 6.45) is 1.13. The normalized spacial score (nSPS) is 8.37. The maximum absolute atomic E-state index is 2.26. The Hall–Kier alpha value is -0.210. The van der Waals surface area contributed by atoms with Crippen LogP contribution in [0.2, 0.25) is 12.1 Å². The van der Waals surface area contributed by atoms with Gasteiger partial charge in [0.2, 0.25) is 0 Å². The van der Waals surface area contributed by atoms with Gasteiger partial charge in [-0.25, -0.2) is 0 Å². The predicted molar refractivity (Wildman–Crippen MR) is 75.6 cm³/mol. The van der Waals surface area contributed by atoms with Gasteiger partial charge < -0.3 is 9.41 Å². The van der Waals surface area contributed by atoms with Crippen molar-refractivity contribution < 1.29 is 35.6 Å². The number of benzene rings is 1. The molecule has 2 aromatic rings. The zero-order valence-corrected chi connectivity index (χ0v) is 15.3. The first kappa shape index (κ1) is 23.9. The molecule has 0 bridgehead atoms. The monoisotopic (exact) mass is 357 g/mol. The fourth-order valence-corrected chi connectivity index (χ4v) is 2.17. The summed E-state index contributed by atoms with van der Waals surface area (Å²) >= 11 is 0. The molecular formula is C15H21F2SiZr. The Balaban J connectivity index is -0.000000286. The number of aryl methyl sites for hydroxylation is 1. The van der Waals surface area contributed by atoms with E-state index in [1.165, 1.54) is 37.9 Å². The molecule has 0 aliphatic heterocycles. The fourth-order valence-electron chi connectivity index (χ4n) is 1.67. The molecule has 0 amide bonds. The molecule has 4 heteroatoms. The Morgan fingerprint density at radius 3 is 2.00 bits per heavy atom. The molecule has 0 unspecified atom stereocenters. The third kappa shape index (κ3) is 8.54. The quantitative estimate of drug-likeness (QED) is 0.472. The van der Waals surface area contributed by atoms with Crippen LogP contribution in [0.15, 0.2) is 36.4 Å². The molecule has 0 atom stereocenters. The van der Waals surface area contributed by atoms with Crippen LogP contribution >= 0.6 is 0 Å². The Kier molecular flexibility index (Phi) is 17.8. The van der Waals surface area contributed by atoms with Gasteiger partial charge in [-0.15, -0.1) is 40.6 Å². The van der Waals surface area contributed by atoms with E-state index in [2.05, 4.69) is 57.2 Å². The molecule has 19 heavy (non-hydrogen) atoms. The van der Waals surface area contributed by atoms with Crippen molar-refractivity contribution in [3.63, 3.8) is 0 Å². The molecule has 2 rings (SSSR count). The summed E-state index contributed by atoms with van der Waals surface area (Å²) in [4.78, 5) is 0. The van der Waals surface area contributed by atoms with Gasteiger partial charge in [-0.2, -0.15) is 6.07 Å². The summed E-state index contributed by atoms with van der Waals surface area (Å²) in [6, 6.07) is 15.8. The second-order valence-electron chi connectivity index (χ2n) is 3.80. The predicted octanol–water partition coefficient (Wildman–Crippen LogP) is -1.31. The number of fused-ring (bicyclic) bond motifs is 1. The zero-order valence-electron chi connectivity index (χ0n) is 11.8. The Bertz CT molecular complexity index is 380. The standard InChI is InChI=1S/C11H11.C4H10Si.2FH.Zr/c1-2-9-7-10-5-3-4-6-11(10)8-9;1-3-5-4-2;;;/h3-8H,2H2,1H3;3-4H2,1-2H3;2*1H;/q-1;;;;+3/p-2. The van der Waals surface area contributed by atoms with Gasteiger partial charge in [0, 0.05) is 9.52 Å². The van der Waals surface area contributed by atoms with Crippen LogP contribution in [0.3, 0.4) is 0 Å². The summed E-state index contributed by atoms with van der Waals surface area (Å²) in [5.74, 6) is 0. The molecule has 0 aromatic heterocycles. The van der Waals surface area contributed by atoms with Crippen LogP contribution in [-0.4, -0.2) is 9.52 Å². The molecule has 0 N–H and O–H groups in total. The third-order valence-electron chi connectivity index (χ3n) is 2.59. The number of rotatable bonds is 3. The Morgan fingerprint density at radius 2 is 1.58 bits per heavy atom. The number of hydrogen-bond donors (Lipinski definition) is 0. The van der Waals surface area contributed by atoms with Crippen molar-refractivity contribution in [3.05, 3.63) is 42.0 Å². The van der Waals surface area contributed by atoms with E-state index >= 15 is 0 Å². The first-order chi connectivity index (χ1) is 7.81. The minimum absolute atomic E-state index is 0. The van der Waals surface area contributed by atoms with Crippen LogP contribution in [0.1, 0.15) is 26.3 Å². The maximum Gasteiger partial charge on any atom is 3.00 e. The smallest absolute Gasteiger partial charge is 1.00 e. The van der Waals surface area contributed by atoms with Crippen LogP contribution in [0.4, 0.5) is 0 Å². The molecule has 0 aliphatic rings. The largest absolute Gasteiger partial charge is 3.00 e. The summed E-state index contributed by atoms with van der Waals surface area (Å²) in [5, 5.41) is 2.73. The molecule has 3 radical (unpaired) electrons. The number of halogens is 2. The Labute approximate surface area is 137 Å². The topological polar surface area (TPSA) is 0 Å². The van der Waals surface area contributed by atoms with E-state index in [1.54, 1.807) is 0 Å². The van der Waals surface area contributed by atoms with E-state index in [1.807, 2.05) is 0 Å². The van der Waals surface area contributed by atoms with Gasteiger partial charge in [-0.3, -0.25) is 0 Å². The molecule has 0 aliphatic carbocycles. The van der Waals surface area contributed by atoms with Crippen LogP contribution in [0.25, 0.3) is 10.8 Å². The van der Waals surface area contributed by atoms with Crippen LogP contribution in [0, 0.1) is 0 Å². The van der Waals surface area contributed by atoms with Gasteiger partial charge >= 0.3 is 26.2 Å². The summed E-state index contributed by atoms with van der Waals surface area (Å²) in [5.41, 5.74) is 1.44.